The average Bonchev–Trinajstić information content (AvgIpc) is 2.63. The van der Waals surface area contributed by atoms with E-state index >= 15 is 0 Å². The molecule has 0 bridgehead atoms. The molecule has 2 aliphatic rings. The number of nitrogens with one attached hydrogen (secondary N) is 1. The van der Waals surface area contributed by atoms with E-state index in [1.165, 1.54) is 12.8 Å². The lowest BCUT2D eigenvalue weighted by atomic mass is 9.71. The first kappa shape index (κ1) is 11.3. The van der Waals surface area contributed by atoms with E-state index in [-0.39, 0.29) is 5.82 Å². The largest absolute Gasteiger partial charge is 0.381 e. The quantitative estimate of drug-likeness (QED) is 0.804. The molecule has 3 heteroatoms. The third kappa shape index (κ3) is 1.90. The van der Waals surface area contributed by atoms with Crippen LogP contribution in [-0.2, 0) is 0 Å². The molecule has 0 saturated heterocycles. The SMILES string of the molecule is Cc1cc(Br)c(F)cc1NC1CC2CC=CC21. The summed E-state index contributed by atoms with van der Waals surface area (Å²) < 4.78 is 14.0. The van der Waals surface area contributed by atoms with Gasteiger partial charge in [-0.2, -0.15) is 0 Å². The van der Waals surface area contributed by atoms with E-state index < -0.39 is 0 Å². The molecule has 0 aliphatic heterocycles. The van der Waals surface area contributed by atoms with Gasteiger partial charge in [0.25, 0.3) is 0 Å². The molecule has 0 radical (unpaired) electrons. The second-order valence-electron chi connectivity index (χ2n) is 5.07. The van der Waals surface area contributed by atoms with Crippen LogP contribution in [0, 0.1) is 24.6 Å². The number of fused-ring (bicyclic) bond motifs is 1. The molecule has 17 heavy (non-hydrogen) atoms. The monoisotopic (exact) mass is 295 g/mol. The molecule has 90 valence electrons. The van der Waals surface area contributed by atoms with Crippen molar-refractivity contribution in [3.8, 4) is 0 Å². The van der Waals surface area contributed by atoms with Crippen molar-refractivity contribution in [3.05, 3.63) is 40.1 Å². The summed E-state index contributed by atoms with van der Waals surface area (Å²) in [5.74, 6) is 1.28. The van der Waals surface area contributed by atoms with Gasteiger partial charge in [-0.05, 0) is 59.3 Å². The summed E-state index contributed by atoms with van der Waals surface area (Å²) in [4.78, 5) is 0. The van der Waals surface area contributed by atoms with Gasteiger partial charge in [-0.1, -0.05) is 12.2 Å². The highest BCUT2D eigenvalue weighted by molar-refractivity contribution is 9.10. The van der Waals surface area contributed by atoms with Crippen LogP contribution in [0.4, 0.5) is 10.1 Å². The Labute approximate surface area is 109 Å². The molecule has 1 N–H and O–H groups in total. The number of aryl methyl sites for hydroxylation is 1. The van der Waals surface area contributed by atoms with Crippen LogP contribution in [0.5, 0.6) is 0 Å². The predicted octanol–water partition coefficient (Wildman–Crippen LogP) is 4.27. The molecule has 3 unspecified atom stereocenters. The van der Waals surface area contributed by atoms with E-state index in [1.54, 1.807) is 6.07 Å². The third-order valence-electron chi connectivity index (χ3n) is 3.97. The minimum Gasteiger partial charge on any atom is -0.381 e. The van der Waals surface area contributed by atoms with Crippen LogP contribution >= 0.6 is 15.9 Å². The maximum atomic E-state index is 13.5. The van der Waals surface area contributed by atoms with Gasteiger partial charge in [-0.15, -0.1) is 0 Å². The lowest BCUT2D eigenvalue weighted by molar-refractivity contribution is 0.218. The summed E-state index contributed by atoms with van der Waals surface area (Å²) in [6.45, 7) is 2.01. The Bertz CT molecular complexity index is 483. The van der Waals surface area contributed by atoms with Crippen LogP contribution in [0.3, 0.4) is 0 Å². The Hall–Kier alpha value is -0.830. The molecule has 2 aliphatic carbocycles. The summed E-state index contributed by atoms with van der Waals surface area (Å²) in [5, 5.41) is 3.47. The molecule has 1 fully saturated rings. The van der Waals surface area contributed by atoms with Crippen molar-refractivity contribution in [3.63, 3.8) is 0 Å². The van der Waals surface area contributed by atoms with Crippen molar-refractivity contribution in [2.24, 2.45) is 11.8 Å². The zero-order valence-corrected chi connectivity index (χ0v) is 11.3. The molecular formula is C14H15BrFN. The van der Waals surface area contributed by atoms with Crippen LogP contribution in [-0.4, -0.2) is 6.04 Å². The van der Waals surface area contributed by atoms with E-state index in [0.717, 1.165) is 17.2 Å². The number of hydrogen-bond donors (Lipinski definition) is 1. The van der Waals surface area contributed by atoms with Crippen LogP contribution < -0.4 is 5.32 Å². The number of anilines is 1. The zero-order valence-electron chi connectivity index (χ0n) is 9.71. The second kappa shape index (κ2) is 4.13. The standard InChI is InChI=1S/C14H15BrFN/c1-8-5-11(15)12(16)7-13(8)17-14-6-9-3-2-4-10(9)14/h2,4-5,7,9-10,14,17H,3,6H2,1H3. The van der Waals surface area contributed by atoms with E-state index in [2.05, 4.69) is 33.4 Å². The molecule has 3 rings (SSSR count). The van der Waals surface area contributed by atoms with E-state index in [4.69, 9.17) is 0 Å². The van der Waals surface area contributed by atoms with E-state index in [1.807, 2.05) is 13.0 Å². The minimum absolute atomic E-state index is 0.198. The molecule has 1 aromatic rings. The number of hydrogen-bond acceptors (Lipinski definition) is 1. The first-order valence-corrected chi connectivity index (χ1v) is 6.83. The van der Waals surface area contributed by atoms with Gasteiger partial charge in [-0.25, -0.2) is 4.39 Å². The highest BCUT2D eigenvalue weighted by atomic mass is 79.9. The fourth-order valence-corrected chi connectivity index (χ4v) is 3.34. The Morgan fingerprint density at radius 2 is 2.24 bits per heavy atom. The summed E-state index contributed by atoms with van der Waals surface area (Å²) in [7, 11) is 0. The van der Waals surface area contributed by atoms with Gasteiger partial charge < -0.3 is 5.32 Å². The molecule has 0 aromatic heterocycles. The van der Waals surface area contributed by atoms with Gasteiger partial charge in [0.05, 0.1) is 4.47 Å². The van der Waals surface area contributed by atoms with E-state index in [0.29, 0.717) is 16.4 Å². The topological polar surface area (TPSA) is 12.0 Å². The van der Waals surface area contributed by atoms with Gasteiger partial charge in [-0.3, -0.25) is 0 Å². The number of benzene rings is 1. The fraction of sp³-hybridized carbons (Fsp3) is 0.429. The molecule has 1 aromatic carbocycles. The van der Waals surface area contributed by atoms with Crippen LogP contribution in [0.1, 0.15) is 18.4 Å². The van der Waals surface area contributed by atoms with Crippen LogP contribution in [0.2, 0.25) is 0 Å². The lowest BCUT2D eigenvalue weighted by Crippen LogP contribution is -2.43. The van der Waals surface area contributed by atoms with Crippen molar-refractivity contribution >= 4 is 21.6 Å². The van der Waals surface area contributed by atoms with Crippen molar-refractivity contribution in [1.29, 1.82) is 0 Å². The number of rotatable bonds is 2. The van der Waals surface area contributed by atoms with Crippen molar-refractivity contribution in [2.45, 2.75) is 25.8 Å². The average molecular weight is 296 g/mol. The number of halogens is 2. The Morgan fingerprint density at radius 1 is 1.41 bits per heavy atom. The van der Waals surface area contributed by atoms with Gasteiger partial charge in [0.1, 0.15) is 5.82 Å². The molecular weight excluding hydrogens is 281 g/mol. The molecule has 3 atom stereocenters. The summed E-state index contributed by atoms with van der Waals surface area (Å²) in [5.41, 5.74) is 2.01. The maximum absolute atomic E-state index is 13.5. The first-order valence-electron chi connectivity index (χ1n) is 6.04. The summed E-state index contributed by atoms with van der Waals surface area (Å²) in [6, 6.07) is 3.90. The second-order valence-corrected chi connectivity index (χ2v) is 5.92. The predicted molar refractivity (Wildman–Crippen MR) is 71.6 cm³/mol. The third-order valence-corrected chi connectivity index (χ3v) is 4.58. The smallest absolute Gasteiger partial charge is 0.139 e. The molecule has 0 heterocycles. The summed E-state index contributed by atoms with van der Waals surface area (Å²) in [6.07, 6.45) is 6.99. The Morgan fingerprint density at radius 3 is 3.00 bits per heavy atom. The van der Waals surface area contributed by atoms with Gasteiger partial charge >= 0.3 is 0 Å². The Kier molecular flexibility index (Phi) is 2.74. The maximum Gasteiger partial charge on any atom is 0.139 e. The summed E-state index contributed by atoms with van der Waals surface area (Å²) >= 11 is 3.21. The molecule has 1 saturated carbocycles. The van der Waals surface area contributed by atoms with Crippen molar-refractivity contribution in [1.82, 2.24) is 0 Å². The van der Waals surface area contributed by atoms with Crippen LogP contribution in [0.25, 0.3) is 0 Å². The Balaban J connectivity index is 1.77. The molecule has 0 spiro atoms. The normalized spacial score (nSPS) is 29.9. The molecule has 1 nitrogen and oxygen atoms in total. The minimum atomic E-state index is -0.198. The lowest BCUT2D eigenvalue weighted by Gasteiger charge is -2.41. The zero-order chi connectivity index (χ0) is 12.0. The van der Waals surface area contributed by atoms with Gasteiger partial charge in [0.15, 0.2) is 0 Å². The van der Waals surface area contributed by atoms with E-state index in [9.17, 15) is 4.39 Å². The van der Waals surface area contributed by atoms with Gasteiger partial charge in [0, 0.05) is 17.6 Å². The highest BCUT2D eigenvalue weighted by Gasteiger charge is 2.41. The van der Waals surface area contributed by atoms with Crippen molar-refractivity contribution < 1.29 is 4.39 Å². The van der Waals surface area contributed by atoms with Crippen molar-refractivity contribution in [2.75, 3.05) is 5.32 Å². The molecule has 0 amide bonds. The fourth-order valence-electron chi connectivity index (χ4n) is 2.88. The van der Waals surface area contributed by atoms with Crippen LogP contribution in [0.15, 0.2) is 28.8 Å². The van der Waals surface area contributed by atoms with Gasteiger partial charge in [0.2, 0.25) is 0 Å². The highest BCUT2D eigenvalue weighted by Crippen LogP contribution is 2.44. The number of allylic oxidation sites excluding steroid dienone is 1. The first-order chi connectivity index (χ1) is 8.15.